The molecule has 0 heterocycles. The van der Waals surface area contributed by atoms with E-state index in [1.807, 2.05) is 0 Å². The second-order valence-corrected chi connectivity index (χ2v) is 4.05. The van der Waals surface area contributed by atoms with E-state index in [4.69, 9.17) is 9.66 Å². The van der Waals surface area contributed by atoms with Gasteiger partial charge in [-0.3, -0.25) is 4.55 Å². The van der Waals surface area contributed by atoms with E-state index in [1.165, 1.54) is 0 Å². The van der Waals surface area contributed by atoms with Crippen LogP contribution in [0.1, 0.15) is 20.7 Å². The first-order chi connectivity index (χ1) is 8.19. The van der Waals surface area contributed by atoms with Crippen LogP contribution in [0.25, 0.3) is 0 Å². The van der Waals surface area contributed by atoms with Crippen molar-refractivity contribution >= 4 is 27.9 Å². The third kappa shape index (κ3) is 5.89. The van der Waals surface area contributed by atoms with E-state index in [9.17, 15) is 23.1 Å². The third-order valence-electron chi connectivity index (χ3n) is 1.66. The zero-order chi connectivity index (χ0) is 13.9. The number of carbonyl (C=O) groups is 2. The molecule has 0 radical (unpaired) electrons. The Morgan fingerprint density at radius 2 is 1.68 bits per heavy atom. The van der Waals surface area contributed by atoms with Crippen molar-refractivity contribution in [2.24, 2.45) is 9.63 Å². The summed E-state index contributed by atoms with van der Waals surface area (Å²) < 4.78 is 31.4. The van der Waals surface area contributed by atoms with E-state index in [-0.39, 0.29) is 35.2 Å². The van der Waals surface area contributed by atoms with Gasteiger partial charge >= 0.3 is 45.8 Å². The van der Waals surface area contributed by atoms with Crippen molar-refractivity contribution in [2.45, 2.75) is 0 Å². The zero-order valence-corrected chi connectivity index (χ0v) is 12.3. The Labute approximate surface area is 129 Å². The molecule has 0 bridgehead atoms. The molecule has 0 aliphatic carbocycles. The van der Waals surface area contributed by atoms with E-state index < -0.39 is 33.4 Å². The van der Waals surface area contributed by atoms with Crippen molar-refractivity contribution in [3.8, 4) is 0 Å². The molecule has 0 atom stereocenters. The average molecular weight is 296 g/mol. The minimum Gasteiger partial charge on any atom is -0.545 e. The van der Waals surface area contributed by atoms with Crippen LogP contribution in [0.3, 0.4) is 0 Å². The van der Waals surface area contributed by atoms with E-state index in [0.717, 1.165) is 18.2 Å². The molecule has 1 rings (SSSR count). The van der Waals surface area contributed by atoms with Crippen LogP contribution in [-0.2, 0) is 10.3 Å². The molecule has 1 aromatic rings. The van der Waals surface area contributed by atoms with Crippen LogP contribution in [0.15, 0.2) is 27.8 Å². The summed E-state index contributed by atoms with van der Waals surface area (Å²) in [5.74, 6) is -3.11. The van der Waals surface area contributed by atoms with Gasteiger partial charge < -0.3 is 15.0 Å². The van der Waals surface area contributed by atoms with Gasteiger partial charge in [0.2, 0.25) is 0 Å². The maximum atomic E-state index is 10.7. The smallest absolute Gasteiger partial charge is 0.545 e. The Morgan fingerprint density at radius 1 is 1.16 bits per heavy atom. The molecule has 19 heavy (non-hydrogen) atoms. The molecule has 0 aliphatic rings. The van der Waals surface area contributed by atoms with E-state index in [2.05, 4.69) is 9.63 Å². The van der Waals surface area contributed by atoms with Crippen LogP contribution >= 0.6 is 0 Å². The van der Waals surface area contributed by atoms with Crippen LogP contribution in [0.5, 0.6) is 0 Å². The molecule has 0 spiro atoms. The summed E-state index contributed by atoms with van der Waals surface area (Å²) in [6.45, 7) is 0. The summed E-state index contributed by atoms with van der Waals surface area (Å²) in [6.07, 6.45) is 0. The fourth-order valence-corrected chi connectivity index (χ4v) is 1.21. The number of hydrogen-bond donors (Lipinski definition) is 2. The van der Waals surface area contributed by atoms with Crippen molar-refractivity contribution in [2.75, 3.05) is 0 Å². The van der Waals surface area contributed by atoms with Crippen LogP contribution in [0.4, 0.5) is 5.69 Å². The van der Waals surface area contributed by atoms with Crippen LogP contribution in [-0.4, -0.2) is 30.0 Å². The van der Waals surface area contributed by atoms with E-state index >= 15 is 0 Å². The van der Waals surface area contributed by atoms with Crippen molar-refractivity contribution in [1.82, 2.24) is 0 Å². The molecule has 0 fully saturated rings. The van der Waals surface area contributed by atoms with Gasteiger partial charge in [0, 0.05) is 5.56 Å². The maximum absolute atomic E-state index is 10.7. The van der Waals surface area contributed by atoms with Crippen molar-refractivity contribution in [3.63, 3.8) is 0 Å². The van der Waals surface area contributed by atoms with Gasteiger partial charge in [0.1, 0.15) is 0 Å². The van der Waals surface area contributed by atoms with Crippen molar-refractivity contribution in [1.29, 1.82) is 0 Å². The zero-order valence-electron chi connectivity index (χ0n) is 9.47. The fourth-order valence-electron chi connectivity index (χ4n) is 1.01. The summed E-state index contributed by atoms with van der Waals surface area (Å²) in [6, 6.07) is 2.53. The molecule has 96 valence electrons. The molecular formula is C8H5N2NaO7S. The Balaban J connectivity index is 0.00000324. The normalized spacial score (nSPS) is 11.0. The summed E-state index contributed by atoms with van der Waals surface area (Å²) in [5.41, 5.74) is -1.33. The van der Waals surface area contributed by atoms with Crippen molar-refractivity contribution < 1.29 is 62.3 Å². The summed E-state index contributed by atoms with van der Waals surface area (Å²) in [7, 11) is -4.74. The number of carboxylic acids is 2. The molecule has 2 N–H and O–H groups in total. The SMILES string of the molecule is O=C([O-])c1cc(N=NS(=O)(=O)O)cc(C(=O)O)c1.[Na+]. The standard InChI is InChI=1S/C8H6N2O7S.Na/c11-7(12)4-1-5(8(13)14)3-6(2-4)9-10-18(15,16)17;/h1-3H,(H,11,12)(H,13,14)(H,15,16,17);/q;+1/p-1. The van der Waals surface area contributed by atoms with Crippen molar-refractivity contribution in [3.05, 3.63) is 29.3 Å². The first kappa shape index (κ1) is 17.7. The summed E-state index contributed by atoms with van der Waals surface area (Å²) in [4.78, 5) is 21.3. The Kier molecular flexibility index (Phi) is 6.25. The van der Waals surface area contributed by atoms with Gasteiger partial charge in [0.15, 0.2) is 0 Å². The number of benzene rings is 1. The molecule has 0 saturated heterocycles. The molecule has 0 aliphatic heterocycles. The number of aromatic carboxylic acids is 2. The molecular weight excluding hydrogens is 291 g/mol. The van der Waals surface area contributed by atoms with Gasteiger partial charge in [-0.15, -0.1) is 5.11 Å². The predicted molar refractivity (Wildman–Crippen MR) is 53.8 cm³/mol. The summed E-state index contributed by atoms with van der Waals surface area (Å²) in [5, 5.41) is 22.3. The minimum atomic E-state index is -4.74. The molecule has 0 aromatic heterocycles. The topological polar surface area (TPSA) is 157 Å². The Hall–Kier alpha value is -1.33. The molecule has 0 unspecified atom stereocenters. The van der Waals surface area contributed by atoms with Crippen LogP contribution in [0.2, 0.25) is 0 Å². The number of nitrogens with zero attached hydrogens (tertiary/aromatic N) is 2. The van der Waals surface area contributed by atoms with Gasteiger partial charge in [-0.05, 0) is 22.7 Å². The van der Waals surface area contributed by atoms with Gasteiger partial charge in [0.05, 0.1) is 17.2 Å². The van der Waals surface area contributed by atoms with Crippen LogP contribution < -0.4 is 34.7 Å². The van der Waals surface area contributed by atoms with Crippen LogP contribution in [0, 0.1) is 0 Å². The Bertz CT molecular complexity index is 608. The third-order valence-corrected chi connectivity index (χ3v) is 1.95. The number of carboxylic acid groups (broad SMARTS) is 2. The van der Waals surface area contributed by atoms with Gasteiger partial charge in [-0.2, -0.15) is 8.42 Å². The van der Waals surface area contributed by atoms with Gasteiger partial charge in [0.25, 0.3) is 0 Å². The quantitative estimate of drug-likeness (QED) is 0.333. The monoisotopic (exact) mass is 296 g/mol. The van der Waals surface area contributed by atoms with Gasteiger partial charge in [-0.1, -0.05) is 0 Å². The number of rotatable bonds is 4. The molecule has 1 aromatic carbocycles. The molecule has 9 nitrogen and oxygen atoms in total. The number of carbonyl (C=O) groups excluding carboxylic acids is 1. The molecule has 11 heteroatoms. The number of hydrogen-bond acceptors (Lipinski definition) is 6. The van der Waals surface area contributed by atoms with Gasteiger partial charge in [-0.25, -0.2) is 4.79 Å². The second kappa shape index (κ2) is 6.73. The largest absolute Gasteiger partial charge is 1.00 e. The molecule has 0 saturated carbocycles. The fraction of sp³-hybridized carbons (Fsp3) is 0. The first-order valence-electron chi connectivity index (χ1n) is 4.19. The average Bonchev–Trinajstić information content (AvgIpc) is 2.25. The predicted octanol–water partition coefficient (Wildman–Crippen LogP) is -3.36. The molecule has 0 amide bonds. The maximum Gasteiger partial charge on any atom is 1.00 e. The second-order valence-electron chi connectivity index (χ2n) is 2.99. The minimum absolute atomic E-state index is 0. The van der Waals surface area contributed by atoms with E-state index in [1.54, 1.807) is 0 Å². The Morgan fingerprint density at radius 3 is 2.11 bits per heavy atom. The van der Waals surface area contributed by atoms with E-state index in [0.29, 0.717) is 0 Å². The summed E-state index contributed by atoms with van der Waals surface area (Å²) >= 11 is 0. The first-order valence-corrected chi connectivity index (χ1v) is 5.59.